The van der Waals surface area contributed by atoms with Gasteiger partial charge in [0.25, 0.3) is 5.88 Å². The first-order valence-corrected chi connectivity index (χ1v) is 13.3. The molecule has 4 heterocycles. The number of nitrogens with zero attached hydrogens (tertiary/aromatic N) is 4. The summed E-state index contributed by atoms with van der Waals surface area (Å²) in [4.78, 5) is 42.0. The minimum Gasteiger partial charge on any atom is -0.480 e. The molecule has 0 saturated heterocycles. The van der Waals surface area contributed by atoms with Gasteiger partial charge < -0.3 is 18.9 Å². The predicted molar refractivity (Wildman–Crippen MR) is 148 cm³/mol. The fraction of sp³-hybridized carbons (Fsp3) is 0.214. The standard InChI is InChI=1S/C28H22FN5O6S/c1-13-6-17(24-19(7-13)32-22(37-3)11-30-24)26-33-20-10-18(29)25(34-27(20)41-26)38-12-14(2)39-28(36)31-16-5-4-15-8-23(35)40-21(15)9-16/h4-7,9-11,14H,8,12H2,1-3H3,(H,31,36)/t14-/m1/s1. The Hall–Kier alpha value is -4.91. The number of methoxy groups -OCH3 is 1. The number of benzene rings is 2. The minimum atomic E-state index is -0.743. The lowest BCUT2D eigenvalue weighted by atomic mass is 10.1. The molecule has 2 aromatic carbocycles. The highest BCUT2D eigenvalue weighted by atomic mass is 32.1. The fourth-order valence-corrected chi connectivity index (χ4v) is 5.23. The van der Waals surface area contributed by atoms with Crippen molar-refractivity contribution in [3.8, 4) is 28.1 Å². The maximum absolute atomic E-state index is 14.9. The summed E-state index contributed by atoms with van der Waals surface area (Å²) >= 11 is 1.27. The second-order valence-electron chi connectivity index (χ2n) is 9.34. The molecule has 1 amide bonds. The number of aromatic nitrogens is 4. The van der Waals surface area contributed by atoms with Crippen molar-refractivity contribution in [2.24, 2.45) is 0 Å². The van der Waals surface area contributed by atoms with Gasteiger partial charge in [0.2, 0.25) is 5.88 Å². The fourth-order valence-electron chi connectivity index (χ4n) is 4.30. The van der Waals surface area contributed by atoms with Crippen LogP contribution in [0.4, 0.5) is 14.9 Å². The molecular weight excluding hydrogens is 553 g/mol. The third-order valence-corrected chi connectivity index (χ3v) is 7.15. The van der Waals surface area contributed by atoms with Crippen LogP contribution in [0.3, 0.4) is 0 Å². The van der Waals surface area contributed by atoms with Gasteiger partial charge in [0, 0.05) is 28.9 Å². The summed E-state index contributed by atoms with van der Waals surface area (Å²) < 4.78 is 36.0. The maximum atomic E-state index is 14.9. The van der Waals surface area contributed by atoms with Crippen molar-refractivity contribution in [3.63, 3.8) is 0 Å². The van der Waals surface area contributed by atoms with E-state index in [4.69, 9.17) is 18.9 Å². The SMILES string of the molecule is COc1cnc2c(-c3nc4cc(F)c(OC[C@@H](C)OC(=O)Nc5ccc6c(c5)OC(=O)C6)nc4s3)cc(C)cc2n1. The Bertz CT molecular complexity index is 1840. The summed E-state index contributed by atoms with van der Waals surface area (Å²) in [6.07, 6.45) is 0.253. The highest BCUT2D eigenvalue weighted by molar-refractivity contribution is 7.21. The Kier molecular flexibility index (Phi) is 6.79. The van der Waals surface area contributed by atoms with Crippen LogP contribution >= 0.6 is 11.3 Å². The first-order chi connectivity index (χ1) is 19.7. The van der Waals surface area contributed by atoms with E-state index in [-0.39, 0.29) is 24.9 Å². The molecule has 41 heavy (non-hydrogen) atoms. The molecule has 1 aliphatic heterocycles. The third kappa shape index (κ3) is 5.43. The van der Waals surface area contributed by atoms with Crippen molar-refractivity contribution in [1.82, 2.24) is 19.9 Å². The number of halogens is 1. The zero-order chi connectivity index (χ0) is 28.7. The number of aryl methyl sites for hydroxylation is 1. The summed E-state index contributed by atoms with van der Waals surface area (Å²) in [6, 6.07) is 9.98. The first-order valence-electron chi connectivity index (χ1n) is 12.5. The molecule has 0 spiro atoms. The molecule has 0 aliphatic carbocycles. The van der Waals surface area contributed by atoms with E-state index in [9.17, 15) is 14.0 Å². The monoisotopic (exact) mass is 575 g/mol. The molecule has 11 nitrogen and oxygen atoms in total. The van der Waals surface area contributed by atoms with Gasteiger partial charge in [0.05, 0.1) is 30.8 Å². The molecule has 3 aromatic heterocycles. The average molecular weight is 576 g/mol. The van der Waals surface area contributed by atoms with Crippen molar-refractivity contribution in [1.29, 1.82) is 0 Å². The number of pyridine rings is 1. The van der Waals surface area contributed by atoms with E-state index in [1.165, 1.54) is 30.7 Å². The number of ether oxygens (including phenoxy) is 4. The van der Waals surface area contributed by atoms with Crippen molar-refractivity contribution in [2.45, 2.75) is 26.4 Å². The number of thiazole rings is 1. The molecule has 0 saturated carbocycles. The predicted octanol–water partition coefficient (Wildman–Crippen LogP) is 5.24. The Labute approximate surface area is 236 Å². The molecule has 0 bridgehead atoms. The van der Waals surface area contributed by atoms with Crippen molar-refractivity contribution >= 4 is 50.5 Å². The lowest BCUT2D eigenvalue weighted by Gasteiger charge is -2.15. The number of anilines is 1. The van der Waals surface area contributed by atoms with Gasteiger partial charge in [0.15, 0.2) is 5.82 Å². The molecule has 1 aliphatic rings. The smallest absolute Gasteiger partial charge is 0.412 e. The molecule has 5 aromatic rings. The second-order valence-corrected chi connectivity index (χ2v) is 10.3. The number of fused-ring (bicyclic) bond motifs is 3. The Morgan fingerprint density at radius 2 is 2.02 bits per heavy atom. The molecule has 0 radical (unpaired) electrons. The quantitative estimate of drug-likeness (QED) is 0.203. The van der Waals surface area contributed by atoms with Crippen LogP contribution in [0.5, 0.6) is 17.5 Å². The molecule has 1 atom stereocenters. The summed E-state index contributed by atoms with van der Waals surface area (Å²) in [5.41, 5.74) is 4.51. The van der Waals surface area contributed by atoms with E-state index in [0.717, 1.165) is 16.7 Å². The van der Waals surface area contributed by atoms with Gasteiger partial charge in [-0.2, -0.15) is 4.98 Å². The van der Waals surface area contributed by atoms with E-state index < -0.39 is 18.0 Å². The van der Waals surface area contributed by atoms with Gasteiger partial charge in [-0.25, -0.2) is 24.1 Å². The van der Waals surface area contributed by atoms with E-state index in [1.807, 2.05) is 19.1 Å². The molecule has 208 valence electrons. The van der Waals surface area contributed by atoms with Crippen LogP contribution in [0, 0.1) is 12.7 Å². The van der Waals surface area contributed by atoms with Crippen LogP contribution in [-0.2, 0) is 16.0 Å². The molecule has 6 rings (SSSR count). The molecule has 0 fully saturated rings. The van der Waals surface area contributed by atoms with E-state index in [1.54, 1.807) is 25.1 Å². The Morgan fingerprint density at radius 1 is 1.17 bits per heavy atom. The van der Waals surface area contributed by atoms with Gasteiger partial charge in [-0.1, -0.05) is 17.4 Å². The van der Waals surface area contributed by atoms with Gasteiger partial charge in [-0.3, -0.25) is 10.1 Å². The molecule has 1 N–H and O–H groups in total. The van der Waals surface area contributed by atoms with E-state index >= 15 is 0 Å². The van der Waals surface area contributed by atoms with Crippen LogP contribution in [-0.4, -0.2) is 51.8 Å². The summed E-state index contributed by atoms with van der Waals surface area (Å²) in [6.45, 7) is 3.40. The first kappa shape index (κ1) is 26.3. The summed E-state index contributed by atoms with van der Waals surface area (Å²) in [5.74, 6) is -0.482. The largest absolute Gasteiger partial charge is 0.480 e. The van der Waals surface area contributed by atoms with Crippen LogP contribution < -0.4 is 19.5 Å². The zero-order valence-corrected chi connectivity index (χ0v) is 22.9. The lowest BCUT2D eigenvalue weighted by molar-refractivity contribution is -0.131. The van der Waals surface area contributed by atoms with Crippen LogP contribution in [0.15, 0.2) is 42.6 Å². The molecule has 13 heteroatoms. The average Bonchev–Trinajstić information content (AvgIpc) is 3.52. The van der Waals surface area contributed by atoms with Gasteiger partial charge >= 0.3 is 12.1 Å². The topological polar surface area (TPSA) is 135 Å². The molecule has 0 unspecified atom stereocenters. The number of hydrogen-bond acceptors (Lipinski definition) is 11. The van der Waals surface area contributed by atoms with Crippen LogP contribution in [0.25, 0.3) is 32.0 Å². The minimum absolute atomic E-state index is 0.143. The van der Waals surface area contributed by atoms with Gasteiger partial charge in [0.1, 0.15) is 33.8 Å². The van der Waals surface area contributed by atoms with Crippen LogP contribution in [0.2, 0.25) is 0 Å². The van der Waals surface area contributed by atoms with Crippen molar-refractivity contribution < 1.29 is 32.9 Å². The zero-order valence-electron chi connectivity index (χ0n) is 22.1. The normalized spacial score (nSPS) is 13.1. The Morgan fingerprint density at radius 3 is 2.85 bits per heavy atom. The van der Waals surface area contributed by atoms with Gasteiger partial charge in [-0.15, -0.1) is 0 Å². The summed E-state index contributed by atoms with van der Waals surface area (Å²) in [7, 11) is 1.53. The number of carbonyl (C=O) groups is 2. The second kappa shape index (κ2) is 10.6. The number of rotatable bonds is 7. The Balaban J connectivity index is 1.14. The number of esters is 1. The van der Waals surface area contributed by atoms with E-state index in [2.05, 4.69) is 25.3 Å². The van der Waals surface area contributed by atoms with Crippen molar-refractivity contribution in [2.75, 3.05) is 19.0 Å². The molecular formula is C28H22FN5O6S. The number of hydrogen-bond donors (Lipinski definition) is 1. The maximum Gasteiger partial charge on any atom is 0.412 e. The number of carbonyl (C=O) groups excluding carboxylic acids is 2. The van der Waals surface area contributed by atoms with Crippen LogP contribution in [0.1, 0.15) is 18.1 Å². The van der Waals surface area contributed by atoms with Crippen molar-refractivity contribution in [3.05, 3.63) is 59.5 Å². The third-order valence-electron chi connectivity index (χ3n) is 6.15. The highest BCUT2D eigenvalue weighted by Gasteiger charge is 2.22. The summed E-state index contributed by atoms with van der Waals surface area (Å²) in [5, 5.41) is 3.18. The van der Waals surface area contributed by atoms with E-state index in [0.29, 0.717) is 43.7 Å². The van der Waals surface area contributed by atoms with Gasteiger partial charge in [-0.05, 0) is 37.6 Å². The lowest BCUT2D eigenvalue weighted by Crippen LogP contribution is -2.25. The highest BCUT2D eigenvalue weighted by Crippen LogP contribution is 2.35. The number of amides is 1. The number of nitrogens with one attached hydrogen (secondary N) is 1.